The molecule has 0 radical (unpaired) electrons. The van der Waals surface area contributed by atoms with Crippen LogP contribution in [0, 0.1) is 5.82 Å². The van der Waals surface area contributed by atoms with Gasteiger partial charge >= 0.3 is 0 Å². The molecule has 0 saturated heterocycles. The number of hydrogen-bond acceptors (Lipinski definition) is 3. The van der Waals surface area contributed by atoms with E-state index in [1.807, 2.05) is 30.3 Å². The first-order chi connectivity index (χ1) is 10.2. The van der Waals surface area contributed by atoms with E-state index in [1.165, 1.54) is 24.5 Å². The molecule has 110 valence electrons. The first kappa shape index (κ1) is 14.0. The van der Waals surface area contributed by atoms with E-state index in [4.69, 9.17) is 0 Å². The van der Waals surface area contributed by atoms with E-state index in [-0.39, 0.29) is 5.82 Å². The lowest BCUT2D eigenvalue weighted by atomic mass is 10.2. The Hall–Kier alpha value is -1.94. The molecular formula is C17H20FN3. The van der Waals surface area contributed by atoms with E-state index in [0.29, 0.717) is 12.6 Å². The largest absolute Gasteiger partial charge is 0.355 e. The molecule has 3 rings (SSSR count). The topological polar surface area (TPSA) is 28.2 Å². The van der Waals surface area contributed by atoms with E-state index < -0.39 is 0 Å². The van der Waals surface area contributed by atoms with Gasteiger partial charge in [0.25, 0.3) is 0 Å². The third kappa shape index (κ3) is 4.02. The SMILES string of the molecule is CN(Cc1cccc(F)c1)c1cc(CNC2CC2)ccn1. The van der Waals surface area contributed by atoms with Crippen molar-refractivity contribution in [3.8, 4) is 0 Å². The van der Waals surface area contributed by atoms with Crippen molar-refractivity contribution in [3.05, 3.63) is 59.5 Å². The monoisotopic (exact) mass is 285 g/mol. The molecule has 1 aromatic heterocycles. The number of aromatic nitrogens is 1. The second-order valence-corrected chi connectivity index (χ2v) is 5.66. The highest BCUT2D eigenvalue weighted by Crippen LogP contribution is 2.20. The summed E-state index contributed by atoms with van der Waals surface area (Å²) in [5.74, 6) is 0.714. The molecule has 0 amide bonds. The average molecular weight is 285 g/mol. The zero-order chi connectivity index (χ0) is 14.7. The molecule has 4 heteroatoms. The van der Waals surface area contributed by atoms with E-state index >= 15 is 0 Å². The summed E-state index contributed by atoms with van der Waals surface area (Å²) in [4.78, 5) is 6.44. The minimum absolute atomic E-state index is 0.198. The lowest BCUT2D eigenvalue weighted by molar-refractivity contribution is 0.625. The maximum atomic E-state index is 13.2. The lowest BCUT2D eigenvalue weighted by Gasteiger charge is -2.19. The second-order valence-electron chi connectivity index (χ2n) is 5.66. The summed E-state index contributed by atoms with van der Waals surface area (Å²) in [6, 6.07) is 11.5. The van der Waals surface area contributed by atoms with Crippen molar-refractivity contribution >= 4 is 5.82 Å². The number of hydrogen-bond donors (Lipinski definition) is 1. The van der Waals surface area contributed by atoms with Gasteiger partial charge in [-0.2, -0.15) is 0 Å². The van der Waals surface area contributed by atoms with E-state index in [2.05, 4.69) is 16.4 Å². The van der Waals surface area contributed by atoms with Crippen LogP contribution in [0.4, 0.5) is 10.2 Å². The standard InChI is InChI=1S/C17H20FN3/c1-21(12-14-3-2-4-15(18)9-14)17-10-13(7-8-19-17)11-20-16-5-6-16/h2-4,7-10,16,20H,5-6,11-12H2,1H3. The minimum atomic E-state index is -0.198. The molecule has 0 atom stereocenters. The van der Waals surface area contributed by atoms with Gasteiger partial charge in [-0.05, 0) is 48.2 Å². The van der Waals surface area contributed by atoms with Gasteiger partial charge in [-0.1, -0.05) is 12.1 Å². The fraction of sp³-hybridized carbons (Fsp3) is 0.353. The molecule has 0 bridgehead atoms. The van der Waals surface area contributed by atoms with E-state index in [0.717, 1.165) is 17.9 Å². The highest BCUT2D eigenvalue weighted by Gasteiger charge is 2.20. The molecule has 1 aliphatic rings. The number of pyridine rings is 1. The smallest absolute Gasteiger partial charge is 0.128 e. The lowest BCUT2D eigenvalue weighted by Crippen LogP contribution is -2.19. The normalized spacial score (nSPS) is 14.2. The summed E-state index contributed by atoms with van der Waals surface area (Å²) in [7, 11) is 1.98. The zero-order valence-corrected chi connectivity index (χ0v) is 12.2. The summed E-state index contributed by atoms with van der Waals surface area (Å²) in [5, 5.41) is 3.50. The van der Waals surface area contributed by atoms with Crippen molar-refractivity contribution < 1.29 is 4.39 Å². The van der Waals surface area contributed by atoms with Crippen molar-refractivity contribution in [3.63, 3.8) is 0 Å². The molecular weight excluding hydrogens is 265 g/mol. The molecule has 0 unspecified atom stereocenters. The molecule has 1 aromatic carbocycles. The van der Waals surface area contributed by atoms with Crippen molar-refractivity contribution in [2.45, 2.75) is 32.0 Å². The Morgan fingerprint density at radius 1 is 1.24 bits per heavy atom. The van der Waals surface area contributed by atoms with Crippen LogP contribution in [0.1, 0.15) is 24.0 Å². The van der Waals surface area contributed by atoms with Gasteiger partial charge in [0.2, 0.25) is 0 Å². The molecule has 2 aromatic rings. The minimum Gasteiger partial charge on any atom is -0.355 e. The number of halogens is 1. The van der Waals surface area contributed by atoms with Crippen LogP contribution in [0.2, 0.25) is 0 Å². The van der Waals surface area contributed by atoms with E-state index in [9.17, 15) is 4.39 Å². The third-order valence-electron chi connectivity index (χ3n) is 3.68. The summed E-state index contributed by atoms with van der Waals surface area (Å²) >= 11 is 0. The van der Waals surface area contributed by atoms with Gasteiger partial charge in [0.1, 0.15) is 11.6 Å². The first-order valence-electron chi connectivity index (χ1n) is 7.34. The predicted octanol–water partition coefficient (Wildman–Crippen LogP) is 3.11. The molecule has 1 aliphatic carbocycles. The Morgan fingerprint density at radius 2 is 2.10 bits per heavy atom. The maximum absolute atomic E-state index is 13.2. The molecule has 1 saturated carbocycles. The Morgan fingerprint density at radius 3 is 2.86 bits per heavy atom. The Bertz CT molecular complexity index is 610. The van der Waals surface area contributed by atoms with Crippen LogP contribution in [0.15, 0.2) is 42.6 Å². The van der Waals surface area contributed by atoms with Crippen molar-refractivity contribution in [1.82, 2.24) is 10.3 Å². The summed E-state index contributed by atoms with van der Waals surface area (Å²) < 4.78 is 13.2. The molecule has 1 N–H and O–H groups in total. The van der Waals surface area contributed by atoms with Crippen molar-refractivity contribution in [1.29, 1.82) is 0 Å². The van der Waals surface area contributed by atoms with Gasteiger partial charge < -0.3 is 10.2 Å². The molecule has 21 heavy (non-hydrogen) atoms. The quantitative estimate of drug-likeness (QED) is 0.884. The van der Waals surface area contributed by atoms with Gasteiger partial charge in [-0.3, -0.25) is 0 Å². The average Bonchev–Trinajstić information content (AvgIpc) is 3.30. The van der Waals surface area contributed by atoms with Crippen LogP contribution >= 0.6 is 0 Å². The van der Waals surface area contributed by atoms with Crippen LogP contribution in [0.25, 0.3) is 0 Å². The zero-order valence-electron chi connectivity index (χ0n) is 12.2. The van der Waals surface area contributed by atoms with E-state index in [1.54, 1.807) is 12.1 Å². The van der Waals surface area contributed by atoms with Gasteiger partial charge in [0, 0.05) is 32.4 Å². The second kappa shape index (κ2) is 6.22. The Kier molecular flexibility index (Phi) is 4.15. The summed E-state index contributed by atoms with van der Waals surface area (Å²) in [5.41, 5.74) is 2.18. The molecule has 3 nitrogen and oxygen atoms in total. The summed E-state index contributed by atoms with van der Waals surface area (Å²) in [6.07, 6.45) is 4.41. The van der Waals surface area contributed by atoms with Gasteiger partial charge in [0.15, 0.2) is 0 Å². The predicted molar refractivity (Wildman–Crippen MR) is 82.6 cm³/mol. The van der Waals surface area contributed by atoms with Gasteiger partial charge in [-0.25, -0.2) is 9.37 Å². The molecule has 1 heterocycles. The highest BCUT2D eigenvalue weighted by atomic mass is 19.1. The van der Waals surface area contributed by atoms with Crippen molar-refractivity contribution in [2.24, 2.45) is 0 Å². The molecule has 0 aliphatic heterocycles. The number of nitrogens with one attached hydrogen (secondary N) is 1. The van der Waals surface area contributed by atoms with Crippen molar-refractivity contribution in [2.75, 3.05) is 11.9 Å². The Labute approximate surface area is 124 Å². The maximum Gasteiger partial charge on any atom is 0.128 e. The number of rotatable bonds is 6. The van der Waals surface area contributed by atoms with Crippen LogP contribution < -0.4 is 10.2 Å². The van der Waals surface area contributed by atoms with Gasteiger partial charge in [0.05, 0.1) is 0 Å². The Balaban J connectivity index is 1.65. The molecule has 1 fully saturated rings. The number of benzene rings is 1. The van der Waals surface area contributed by atoms with Crippen LogP contribution in [0.5, 0.6) is 0 Å². The van der Waals surface area contributed by atoms with Crippen LogP contribution in [-0.2, 0) is 13.1 Å². The number of nitrogens with zero attached hydrogens (tertiary/aromatic N) is 2. The summed E-state index contributed by atoms with van der Waals surface area (Å²) in [6.45, 7) is 1.53. The van der Waals surface area contributed by atoms with Crippen LogP contribution in [-0.4, -0.2) is 18.1 Å². The first-order valence-corrected chi connectivity index (χ1v) is 7.34. The third-order valence-corrected chi connectivity index (χ3v) is 3.68. The fourth-order valence-electron chi connectivity index (χ4n) is 2.32. The fourth-order valence-corrected chi connectivity index (χ4v) is 2.32. The molecule has 0 spiro atoms. The highest BCUT2D eigenvalue weighted by molar-refractivity contribution is 5.41. The van der Waals surface area contributed by atoms with Crippen LogP contribution in [0.3, 0.4) is 0 Å². The van der Waals surface area contributed by atoms with Gasteiger partial charge in [-0.15, -0.1) is 0 Å². The number of anilines is 1.